The van der Waals surface area contributed by atoms with Crippen LogP contribution in [-0.4, -0.2) is 36.0 Å². The van der Waals surface area contributed by atoms with Crippen molar-refractivity contribution in [3.05, 3.63) is 41.1 Å². The lowest BCUT2D eigenvalue weighted by atomic mass is 10.1. The summed E-state index contributed by atoms with van der Waals surface area (Å²) < 4.78 is 3.40. The van der Waals surface area contributed by atoms with Crippen molar-refractivity contribution in [2.75, 3.05) is 11.1 Å². The van der Waals surface area contributed by atoms with Gasteiger partial charge in [-0.05, 0) is 32.9 Å². The first-order valence-electron chi connectivity index (χ1n) is 8.68. The number of thioether (sulfide) groups is 1. The maximum absolute atomic E-state index is 13.0. The molecule has 4 heterocycles. The van der Waals surface area contributed by atoms with Crippen molar-refractivity contribution >= 4 is 34.4 Å². The molecule has 140 valence electrons. The van der Waals surface area contributed by atoms with Gasteiger partial charge >= 0.3 is 0 Å². The topological polar surface area (TPSA) is 94.7 Å². The van der Waals surface area contributed by atoms with Gasteiger partial charge in [-0.15, -0.1) is 0 Å². The van der Waals surface area contributed by atoms with Gasteiger partial charge in [0.1, 0.15) is 5.39 Å². The van der Waals surface area contributed by atoms with Gasteiger partial charge in [0.15, 0.2) is 10.8 Å². The molecule has 4 rings (SSSR count). The van der Waals surface area contributed by atoms with Gasteiger partial charge in [-0.2, -0.15) is 5.10 Å². The normalized spacial score (nSPS) is 16.5. The van der Waals surface area contributed by atoms with Gasteiger partial charge in [-0.1, -0.05) is 11.8 Å². The minimum Gasteiger partial charge on any atom is -0.325 e. The first-order chi connectivity index (χ1) is 12.8. The lowest BCUT2D eigenvalue weighted by molar-refractivity contribution is -0.116. The summed E-state index contributed by atoms with van der Waals surface area (Å²) in [6, 6.07) is 3.30. The van der Waals surface area contributed by atoms with Crippen molar-refractivity contribution in [1.82, 2.24) is 24.3 Å². The van der Waals surface area contributed by atoms with Crippen LogP contribution in [0, 0.1) is 0 Å². The average Bonchev–Trinajstić information content (AvgIpc) is 3.20. The highest BCUT2D eigenvalue weighted by Gasteiger charge is 2.30. The molecular weight excluding hydrogens is 364 g/mol. The molecule has 3 aromatic rings. The Bertz CT molecular complexity index is 1070. The van der Waals surface area contributed by atoms with Crippen molar-refractivity contribution < 1.29 is 4.79 Å². The van der Waals surface area contributed by atoms with Gasteiger partial charge < -0.3 is 5.32 Å². The molecule has 0 saturated heterocycles. The molecule has 3 aromatic heterocycles. The smallest absolute Gasteiger partial charge is 0.265 e. The SMILES string of the molecule is CC(C)(C)n1ncc2c(=O)n3c(nc21)SCC3CC(=O)Nc1cccnc1. The number of aromatic nitrogens is 5. The summed E-state index contributed by atoms with van der Waals surface area (Å²) in [6.45, 7) is 6.06. The fraction of sp³-hybridized carbons (Fsp3) is 0.389. The lowest BCUT2D eigenvalue weighted by Gasteiger charge is -2.20. The predicted octanol–water partition coefficient (Wildman–Crippen LogP) is 2.42. The van der Waals surface area contributed by atoms with Crippen LogP contribution >= 0.6 is 11.8 Å². The third-order valence-electron chi connectivity index (χ3n) is 4.37. The molecule has 0 fully saturated rings. The Labute approximate surface area is 160 Å². The van der Waals surface area contributed by atoms with Crippen LogP contribution in [0.1, 0.15) is 33.2 Å². The maximum atomic E-state index is 13.0. The number of nitrogens with zero attached hydrogens (tertiary/aromatic N) is 5. The minimum absolute atomic E-state index is 0.144. The standard InChI is InChI=1S/C18H20N6O2S/c1-18(2,3)24-15-13(9-20-24)16(26)23-12(10-27-17(23)22-15)7-14(25)21-11-5-4-6-19-8-11/h4-6,8-9,12H,7,10H2,1-3H3,(H,21,25). The summed E-state index contributed by atoms with van der Waals surface area (Å²) in [7, 11) is 0. The third kappa shape index (κ3) is 3.23. The summed E-state index contributed by atoms with van der Waals surface area (Å²) in [4.78, 5) is 34.1. The second-order valence-electron chi connectivity index (χ2n) is 7.49. The number of carbonyl (C=O) groups excluding carboxylic acids is 1. The molecule has 1 aliphatic heterocycles. The molecule has 1 unspecified atom stereocenters. The Morgan fingerprint density at radius 1 is 1.37 bits per heavy atom. The first kappa shape index (κ1) is 17.7. The molecule has 1 amide bonds. The molecule has 8 nitrogen and oxygen atoms in total. The maximum Gasteiger partial charge on any atom is 0.265 e. The molecule has 0 aliphatic carbocycles. The van der Waals surface area contributed by atoms with Crippen molar-refractivity contribution in [3.8, 4) is 0 Å². The van der Waals surface area contributed by atoms with Crippen LogP contribution < -0.4 is 10.9 Å². The van der Waals surface area contributed by atoms with E-state index in [1.54, 1.807) is 40.0 Å². The molecule has 27 heavy (non-hydrogen) atoms. The zero-order chi connectivity index (χ0) is 19.2. The molecule has 0 aromatic carbocycles. The predicted molar refractivity (Wildman–Crippen MR) is 104 cm³/mol. The number of nitrogens with one attached hydrogen (secondary N) is 1. The second-order valence-corrected chi connectivity index (χ2v) is 8.48. The van der Waals surface area contributed by atoms with Crippen LogP contribution in [0.25, 0.3) is 11.0 Å². The number of pyridine rings is 1. The van der Waals surface area contributed by atoms with Gasteiger partial charge in [0.05, 0.1) is 29.7 Å². The van der Waals surface area contributed by atoms with Crippen LogP contribution in [0.2, 0.25) is 0 Å². The highest BCUT2D eigenvalue weighted by molar-refractivity contribution is 7.99. The van der Waals surface area contributed by atoms with Crippen LogP contribution in [0.15, 0.2) is 40.7 Å². The number of hydrogen-bond donors (Lipinski definition) is 1. The molecule has 9 heteroatoms. The van der Waals surface area contributed by atoms with Gasteiger partial charge in [0.2, 0.25) is 5.91 Å². The molecule has 0 radical (unpaired) electrons. The molecule has 0 spiro atoms. The fourth-order valence-corrected chi connectivity index (χ4v) is 4.26. The summed E-state index contributed by atoms with van der Waals surface area (Å²) in [5.74, 6) is 0.483. The van der Waals surface area contributed by atoms with Crippen LogP contribution in [0.5, 0.6) is 0 Å². The average molecular weight is 384 g/mol. The van der Waals surface area contributed by atoms with E-state index in [1.807, 2.05) is 20.8 Å². The van der Waals surface area contributed by atoms with E-state index in [0.29, 0.717) is 27.6 Å². The van der Waals surface area contributed by atoms with E-state index in [4.69, 9.17) is 0 Å². The van der Waals surface area contributed by atoms with E-state index >= 15 is 0 Å². The molecule has 1 atom stereocenters. The first-order valence-corrected chi connectivity index (χ1v) is 9.66. The summed E-state index contributed by atoms with van der Waals surface area (Å²) in [5, 5.41) is 8.29. The van der Waals surface area contributed by atoms with E-state index in [9.17, 15) is 9.59 Å². The van der Waals surface area contributed by atoms with E-state index in [1.165, 1.54) is 11.8 Å². The largest absolute Gasteiger partial charge is 0.325 e. The zero-order valence-electron chi connectivity index (χ0n) is 15.3. The van der Waals surface area contributed by atoms with Gasteiger partial charge in [0.25, 0.3) is 5.56 Å². The molecule has 0 saturated carbocycles. The Morgan fingerprint density at radius 2 is 2.19 bits per heavy atom. The van der Waals surface area contributed by atoms with E-state index < -0.39 is 0 Å². The number of carbonyl (C=O) groups is 1. The Hall–Kier alpha value is -2.68. The number of fused-ring (bicyclic) bond motifs is 2. The molecule has 0 bridgehead atoms. The van der Waals surface area contributed by atoms with E-state index in [2.05, 4.69) is 20.4 Å². The molecule has 1 N–H and O–H groups in total. The number of anilines is 1. The van der Waals surface area contributed by atoms with Crippen molar-refractivity contribution in [1.29, 1.82) is 0 Å². The highest BCUT2D eigenvalue weighted by atomic mass is 32.2. The Kier molecular flexibility index (Phi) is 4.26. The third-order valence-corrected chi connectivity index (χ3v) is 5.47. The van der Waals surface area contributed by atoms with Gasteiger partial charge in [-0.3, -0.25) is 19.1 Å². The van der Waals surface area contributed by atoms with Crippen LogP contribution in [0.3, 0.4) is 0 Å². The van der Waals surface area contributed by atoms with Crippen molar-refractivity contribution in [2.45, 2.75) is 43.9 Å². The quantitative estimate of drug-likeness (QED) is 0.697. The van der Waals surface area contributed by atoms with Gasteiger partial charge in [-0.25, -0.2) is 9.67 Å². The molecule has 1 aliphatic rings. The monoisotopic (exact) mass is 384 g/mol. The summed E-state index contributed by atoms with van der Waals surface area (Å²) in [6.07, 6.45) is 5.01. The Morgan fingerprint density at radius 3 is 2.89 bits per heavy atom. The van der Waals surface area contributed by atoms with Crippen LogP contribution in [-0.2, 0) is 10.3 Å². The van der Waals surface area contributed by atoms with Crippen molar-refractivity contribution in [2.24, 2.45) is 0 Å². The number of rotatable bonds is 3. The number of amides is 1. The van der Waals surface area contributed by atoms with Crippen LogP contribution in [0.4, 0.5) is 5.69 Å². The summed E-state index contributed by atoms with van der Waals surface area (Å²) >= 11 is 1.49. The number of hydrogen-bond acceptors (Lipinski definition) is 6. The minimum atomic E-state index is -0.271. The van der Waals surface area contributed by atoms with E-state index in [-0.39, 0.29) is 29.5 Å². The summed E-state index contributed by atoms with van der Waals surface area (Å²) in [5.41, 5.74) is 0.814. The zero-order valence-corrected chi connectivity index (χ0v) is 16.2. The second kappa shape index (κ2) is 6.49. The fourth-order valence-electron chi connectivity index (χ4n) is 3.13. The van der Waals surface area contributed by atoms with Gasteiger partial charge in [0, 0.05) is 18.4 Å². The van der Waals surface area contributed by atoms with E-state index in [0.717, 1.165) is 0 Å². The van der Waals surface area contributed by atoms with Crippen molar-refractivity contribution in [3.63, 3.8) is 0 Å². The highest BCUT2D eigenvalue weighted by Crippen LogP contribution is 2.33. The lowest BCUT2D eigenvalue weighted by Crippen LogP contribution is -2.29. The molecular formula is C18H20N6O2S. The Balaban J connectivity index is 1.64.